The van der Waals surface area contributed by atoms with Crippen LogP contribution in [0, 0.1) is 0 Å². The van der Waals surface area contributed by atoms with Gasteiger partial charge in [-0.3, -0.25) is 4.99 Å². The second kappa shape index (κ2) is 5.82. The number of rotatable bonds is 3. The van der Waals surface area contributed by atoms with Gasteiger partial charge in [0.25, 0.3) is 0 Å². The molecule has 3 aromatic carbocycles. The fraction of sp³-hybridized carbons (Fsp3) is 0.0455. The summed E-state index contributed by atoms with van der Waals surface area (Å²) in [6.45, 7) is 6.07. The molecule has 0 spiro atoms. The quantitative estimate of drug-likeness (QED) is 0.422. The van der Waals surface area contributed by atoms with Gasteiger partial charge in [0.15, 0.2) is 0 Å². The van der Waals surface area contributed by atoms with Crippen molar-refractivity contribution in [3.8, 4) is 0 Å². The van der Waals surface area contributed by atoms with Crippen LogP contribution in [0.15, 0.2) is 88.8 Å². The van der Waals surface area contributed by atoms with E-state index in [9.17, 15) is 0 Å². The number of furan rings is 1. The summed E-state index contributed by atoms with van der Waals surface area (Å²) in [5, 5.41) is 2.27. The van der Waals surface area contributed by atoms with Gasteiger partial charge in [0.1, 0.15) is 11.2 Å². The molecule has 0 aliphatic carbocycles. The molecule has 24 heavy (non-hydrogen) atoms. The minimum Gasteiger partial charge on any atom is -0.456 e. The van der Waals surface area contributed by atoms with Crippen LogP contribution in [0.4, 0.5) is 0 Å². The molecule has 1 heterocycles. The molecule has 0 aliphatic heterocycles. The van der Waals surface area contributed by atoms with Crippen LogP contribution in [0.1, 0.15) is 18.1 Å². The fourth-order valence-electron chi connectivity index (χ4n) is 2.91. The largest absolute Gasteiger partial charge is 0.456 e. The Labute approximate surface area is 140 Å². The number of benzene rings is 3. The molecule has 0 bridgehead atoms. The molecular formula is C22H17NO. The van der Waals surface area contributed by atoms with Gasteiger partial charge in [-0.2, -0.15) is 0 Å². The van der Waals surface area contributed by atoms with Crippen molar-refractivity contribution in [1.29, 1.82) is 0 Å². The smallest absolute Gasteiger partial charge is 0.136 e. The molecule has 0 fully saturated rings. The zero-order valence-corrected chi connectivity index (χ0v) is 13.5. The highest BCUT2D eigenvalue weighted by atomic mass is 16.3. The van der Waals surface area contributed by atoms with Crippen molar-refractivity contribution in [2.75, 3.05) is 0 Å². The van der Waals surface area contributed by atoms with E-state index in [0.717, 1.165) is 44.5 Å². The predicted molar refractivity (Wildman–Crippen MR) is 101 cm³/mol. The van der Waals surface area contributed by atoms with Gasteiger partial charge in [-0.1, -0.05) is 61.2 Å². The molecule has 2 heteroatoms. The van der Waals surface area contributed by atoms with Crippen molar-refractivity contribution >= 4 is 33.3 Å². The van der Waals surface area contributed by atoms with Gasteiger partial charge < -0.3 is 4.42 Å². The Bertz CT molecular complexity index is 1070. The minimum absolute atomic E-state index is 0.762. The van der Waals surface area contributed by atoms with E-state index in [4.69, 9.17) is 4.42 Å². The molecule has 0 saturated carbocycles. The van der Waals surface area contributed by atoms with Crippen molar-refractivity contribution in [3.63, 3.8) is 0 Å². The number of nitrogens with zero attached hydrogens (tertiary/aromatic N) is 1. The standard InChI is InChI=1S/C22H17NO/c1-15(17-8-4-3-5-9-17)23-16(2)18-12-13-20-19-10-6-7-11-21(19)24-22(20)14-18/h3-14H,1H2,2H3/b23-16+. The molecule has 0 aliphatic rings. The van der Waals surface area contributed by atoms with E-state index >= 15 is 0 Å². The van der Waals surface area contributed by atoms with Crippen LogP contribution in [-0.2, 0) is 0 Å². The van der Waals surface area contributed by atoms with E-state index in [-0.39, 0.29) is 0 Å². The summed E-state index contributed by atoms with van der Waals surface area (Å²) < 4.78 is 5.96. The van der Waals surface area contributed by atoms with Crippen LogP contribution in [0.25, 0.3) is 27.6 Å². The third kappa shape index (κ3) is 2.52. The summed E-state index contributed by atoms with van der Waals surface area (Å²) in [7, 11) is 0. The average Bonchev–Trinajstić information content (AvgIpc) is 3.00. The summed E-state index contributed by atoms with van der Waals surface area (Å²) in [4.78, 5) is 4.66. The molecule has 0 N–H and O–H groups in total. The van der Waals surface area contributed by atoms with Crippen molar-refractivity contribution in [2.45, 2.75) is 6.92 Å². The topological polar surface area (TPSA) is 25.5 Å². The lowest BCUT2D eigenvalue weighted by atomic mass is 10.1. The molecule has 1 aromatic heterocycles. The lowest BCUT2D eigenvalue weighted by molar-refractivity contribution is 0.669. The van der Waals surface area contributed by atoms with Gasteiger partial charge in [-0.05, 0) is 36.2 Å². The van der Waals surface area contributed by atoms with Crippen LogP contribution < -0.4 is 0 Å². The van der Waals surface area contributed by atoms with E-state index in [2.05, 4.69) is 29.8 Å². The molecule has 2 nitrogen and oxygen atoms in total. The lowest BCUT2D eigenvalue weighted by Gasteiger charge is -2.04. The highest BCUT2D eigenvalue weighted by Crippen LogP contribution is 2.29. The first-order valence-corrected chi connectivity index (χ1v) is 7.94. The van der Waals surface area contributed by atoms with E-state index in [1.165, 1.54) is 0 Å². The first kappa shape index (κ1) is 14.5. The average molecular weight is 311 g/mol. The fourth-order valence-corrected chi connectivity index (χ4v) is 2.91. The normalized spacial score (nSPS) is 12.0. The Balaban J connectivity index is 1.74. The lowest BCUT2D eigenvalue weighted by Crippen LogP contribution is -1.95. The van der Waals surface area contributed by atoms with Gasteiger partial charge in [0, 0.05) is 16.5 Å². The summed E-state index contributed by atoms with van der Waals surface area (Å²) in [5.41, 5.74) is 5.55. The van der Waals surface area contributed by atoms with Crippen LogP contribution in [0.5, 0.6) is 0 Å². The second-order valence-electron chi connectivity index (χ2n) is 5.82. The number of hydrogen-bond acceptors (Lipinski definition) is 2. The Kier molecular flexibility index (Phi) is 3.51. The van der Waals surface area contributed by atoms with Crippen molar-refractivity contribution < 1.29 is 4.42 Å². The van der Waals surface area contributed by atoms with Crippen LogP contribution >= 0.6 is 0 Å². The summed E-state index contributed by atoms with van der Waals surface area (Å²) >= 11 is 0. The Morgan fingerprint density at radius 1 is 0.792 bits per heavy atom. The van der Waals surface area contributed by atoms with E-state index in [0.29, 0.717) is 0 Å². The molecule has 0 unspecified atom stereocenters. The number of para-hydroxylation sites is 1. The van der Waals surface area contributed by atoms with Crippen LogP contribution in [0.3, 0.4) is 0 Å². The van der Waals surface area contributed by atoms with Crippen LogP contribution in [-0.4, -0.2) is 5.71 Å². The zero-order chi connectivity index (χ0) is 16.5. The Morgan fingerprint density at radius 3 is 2.33 bits per heavy atom. The maximum absolute atomic E-state index is 5.96. The molecule has 0 saturated heterocycles. The van der Waals surface area contributed by atoms with Crippen molar-refractivity contribution in [1.82, 2.24) is 0 Å². The number of aliphatic imine (C=N–C) groups is 1. The highest BCUT2D eigenvalue weighted by Gasteiger charge is 2.08. The zero-order valence-electron chi connectivity index (χ0n) is 13.5. The molecule has 0 amide bonds. The molecule has 116 valence electrons. The summed E-state index contributed by atoms with van der Waals surface area (Å²) in [5.74, 6) is 0. The van der Waals surface area contributed by atoms with Gasteiger partial charge >= 0.3 is 0 Å². The Morgan fingerprint density at radius 2 is 1.50 bits per heavy atom. The molecule has 4 aromatic rings. The summed E-state index contributed by atoms with van der Waals surface area (Å²) in [6, 6.07) is 24.3. The molecular weight excluding hydrogens is 294 g/mol. The molecule has 0 atom stereocenters. The van der Waals surface area contributed by atoms with E-state index < -0.39 is 0 Å². The van der Waals surface area contributed by atoms with E-state index in [1.54, 1.807) is 0 Å². The Hall–Kier alpha value is -3.13. The van der Waals surface area contributed by atoms with Gasteiger partial charge in [0.05, 0.1) is 5.70 Å². The van der Waals surface area contributed by atoms with Crippen molar-refractivity contribution in [2.24, 2.45) is 4.99 Å². The maximum Gasteiger partial charge on any atom is 0.136 e. The van der Waals surface area contributed by atoms with E-state index in [1.807, 2.05) is 61.5 Å². The van der Waals surface area contributed by atoms with Gasteiger partial charge in [0.2, 0.25) is 0 Å². The molecule has 0 radical (unpaired) electrons. The maximum atomic E-state index is 5.96. The summed E-state index contributed by atoms with van der Waals surface area (Å²) in [6.07, 6.45) is 0. The SMILES string of the molecule is C=C(/N=C(\C)c1ccc2c(c1)oc1ccccc12)c1ccccc1. The number of hydrogen-bond donors (Lipinski definition) is 0. The van der Waals surface area contributed by atoms with Gasteiger partial charge in [-0.25, -0.2) is 0 Å². The number of fused-ring (bicyclic) bond motifs is 3. The van der Waals surface area contributed by atoms with Crippen LogP contribution in [0.2, 0.25) is 0 Å². The third-order valence-electron chi connectivity index (χ3n) is 4.21. The predicted octanol–water partition coefficient (Wildman–Crippen LogP) is 6.07. The first-order chi connectivity index (χ1) is 11.7. The first-order valence-electron chi connectivity index (χ1n) is 7.94. The highest BCUT2D eigenvalue weighted by molar-refractivity contribution is 6.09. The molecule has 4 rings (SSSR count). The monoisotopic (exact) mass is 311 g/mol. The second-order valence-corrected chi connectivity index (χ2v) is 5.82. The minimum atomic E-state index is 0.762. The van der Waals surface area contributed by atoms with Crippen molar-refractivity contribution in [3.05, 3.63) is 90.5 Å². The van der Waals surface area contributed by atoms with Gasteiger partial charge in [-0.15, -0.1) is 0 Å². The third-order valence-corrected chi connectivity index (χ3v) is 4.21.